The summed E-state index contributed by atoms with van der Waals surface area (Å²) >= 11 is 0. The van der Waals surface area contributed by atoms with Gasteiger partial charge in [-0.1, -0.05) is 5.92 Å². The quantitative estimate of drug-likeness (QED) is 0.319. The maximum atomic E-state index is 10.5. The van der Waals surface area contributed by atoms with Crippen LogP contribution in [0.3, 0.4) is 0 Å². The predicted octanol–water partition coefficient (Wildman–Crippen LogP) is -1.42. The van der Waals surface area contributed by atoms with Crippen LogP contribution in [0.2, 0.25) is 0 Å². The lowest BCUT2D eigenvalue weighted by Crippen LogP contribution is -2.30. The molecule has 1 aliphatic heterocycles. The smallest absolute Gasteiger partial charge is 0.311 e. The third-order valence-corrected chi connectivity index (χ3v) is 1.05. The molecule has 0 aliphatic carbocycles. The molecule has 1 rings (SSSR count). The Labute approximate surface area is 58.0 Å². The molecular formula is C6H6N2O2. The third-order valence-electron chi connectivity index (χ3n) is 1.05. The molecule has 0 aromatic carbocycles. The summed E-state index contributed by atoms with van der Waals surface area (Å²) in [5.41, 5.74) is 0. The van der Waals surface area contributed by atoms with E-state index in [1.807, 2.05) is 0 Å². The third kappa shape index (κ3) is 1.08. The molecule has 0 atom stereocenters. The van der Waals surface area contributed by atoms with Gasteiger partial charge >= 0.3 is 11.8 Å². The number of hydrogen-bond acceptors (Lipinski definition) is 2. The number of hydrogen-bond donors (Lipinski definition) is 2. The molecule has 52 valence electrons. The highest BCUT2D eigenvalue weighted by Crippen LogP contribution is 1.85. The summed E-state index contributed by atoms with van der Waals surface area (Å²) in [5.74, 6) is 3.93. The zero-order chi connectivity index (χ0) is 7.56. The second-order valence-electron chi connectivity index (χ2n) is 1.77. The Morgan fingerprint density at radius 3 is 2.20 bits per heavy atom. The monoisotopic (exact) mass is 138 g/mol. The van der Waals surface area contributed by atoms with E-state index in [4.69, 9.17) is 0 Å². The first-order chi connectivity index (χ1) is 4.74. The molecule has 0 unspecified atom stereocenters. The van der Waals surface area contributed by atoms with E-state index >= 15 is 0 Å². The van der Waals surface area contributed by atoms with Gasteiger partial charge in [-0.25, -0.2) is 0 Å². The van der Waals surface area contributed by atoms with Gasteiger partial charge in [-0.3, -0.25) is 9.59 Å². The van der Waals surface area contributed by atoms with Crippen LogP contribution in [0.15, 0.2) is 0 Å². The number of rotatable bonds is 0. The molecule has 1 fully saturated rings. The molecule has 1 saturated heterocycles. The Morgan fingerprint density at radius 2 is 1.80 bits per heavy atom. The van der Waals surface area contributed by atoms with Crippen LogP contribution < -0.4 is 10.6 Å². The Hall–Kier alpha value is -1.50. The van der Waals surface area contributed by atoms with Crippen LogP contribution in [-0.2, 0) is 9.59 Å². The van der Waals surface area contributed by atoms with Gasteiger partial charge in [0.1, 0.15) is 0 Å². The Bertz CT molecular complexity index is 220. The zero-order valence-electron chi connectivity index (χ0n) is 5.39. The van der Waals surface area contributed by atoms with Gasteiger partial charge < -0.3 is 10.6 Å². The van der Waals surface area contributed by atoms with E-state index in [0.717, 1.165) is 0 Å². The van der Waals surface area contributed by atoms with Crippen LogP contribution in [0.5, 0.6) is 0 Å². The molecule has 10 heavy (non-hydrogen) atoms. The molecule has 4 heteroatoms. The summed E-state index contributed by atoms with van der Waals surface area (Å²) in [5, 5.41) is 4.66. The van der Waals surface area contributed by atoms with Crippen molar-refractivity contribution in [1.29, 1.82) is 0 Å². The molecule has 1 aliphatic rings. The van der Waals surface area contributed by atoms with Crippen molar-refractivity contribution in [3.63, 3.8) is 0 Å². The van der Waals surface area contributed by atoms with Crippen LogP contribution in [0.1, 0.15) is 6.92 Å². The van der Waals surface area contributed by atoms with Crippen LogP contribution in [-0.4, -0.2) is 18.0 Å². The van der Waals surface area contributed by atoms with Crippen molar-refractivity contribution in [3.8, 4) is 11.8 Å². The van der Waals surface area contributed by atoms with Crippen LogP contribution in [0.25, 0.3) is 0 Å². The molecule has 4 nitrogen and oxygen atoms in total. The molecule has 0 spiro atoms. The van der Waals surface area contributed by atoms with Crippen LogP contribution in [0, 0.1) is 11.8 Å². The van der Waals surface area contributed by atoms with E-state index in [2.05, 4.69) is 22.5 Å². The summed E-state index contributed by atoms with van der Waals surface area (Å²) in [6.45, 7) is 1.64. The summed E-state index contributed by atoms with van der Waals surface area (Å²) in [7, 11) is 0. The van der Waals surface area contributed by atoms with Gasteiger partial charge in [-0.05, 0) is 6.92 Å². The SMILES string of the molecule is CC#CC1NC(=O)C(=O)N1. The van der Waals surface area contributed by atoms with Crippen molar-refractivity contribution in [2.75, 3.05) is 0 Å². The number of amides is 2. The highest BCUT2D eigenvalue weighted by atomic mass is 16.2. The Balaban J connectivity index is 2.63. The lowest BCUT2D eigenvalue weighted by Gasteiger charge is -1.96. The van der Waals surface area contributed by atoms with Crippen molar-refractivity contribution >= 4 is 11.8 Å². The molecular weight excluding hydrogens is 132 g/mol. The maximum absolute atomic E-state index is 10.5. The van der Waals surface area contributed by atoms with Gasteiger partial charge in [0.15, 0.2) is 6.17 Å². The topological polar surface area (TPSA) is 58.2 Å². The fourth-order valence-electron chi connectivity index (χ4n) is 0.646. The average Bonchev–Trinajstić information content (AvgIpc) is 2.14. The standard InChI is InChI=1S/C6H6N2O2/c1-2-3-4-7-5(9)6(10)8-4/h4H,1H3,(H,7,9)(H,8,10). The second kappa shape index (κ2) is 2.40. The molecule has 0 bridgehead atoms. The summed E-state index contributed by atoms with van der Waals surface area (Å²) in [6, 6.07) is 0. The normalized spacial score (nSPS) is 17.3. The first-order valence-electron chi connectivity index (χ1n) is 2.77. The minimum absolute atomic E-state index is 0.495. The number of nitrogens with one attached hydrogen (secondary N) is 2. The zero-order valence-corrected chi connectivity index (χ0v) is 5.39. The van der Waals surface area contributed by atoms with Crippen molar-refractivity contribution in [3.05, 3.63) is 0 Å². The average molecular weight is 138 g/mol. The van der Waals surface area contributed by atoms with E-state index in [1.165, 1.54) is 0 Å². The van der Waals surface area contributed by atoms with Gasteiger partial charge in [-0.15, -0.1) is 5.92 Å². The molecule has 2 N–H and O–H groups in total. The van der Waals surface area contributed by atoms with Crippen molar-refractivity contribution in [2.45, 2.75) is 13.1 Å². The lowest BCUT2D eigenvalue weighted by molar-refractivity contribution is -0.135. The van der Waals surface area contributed by atoms with Gasteiger partial charge in [0.25, 0.3) is 0 Å². The van der Waals surface area contributed by atoms with E-state index in [-0.39, 0.29) is 0 Å². The summed E-state index contributed by atoms with van der Waals surface area (Å²) in [6.07, 6.45) is -0.495. The minimum Gasteiger partial charge on any atom is -0.317 e. The van der Waals surface area contributed by atoms with Crippen molar-refractivity contribution in [2.24, 2.45) is 0 Å². The molecule has 0 aromatic heterocycles. The van der Waals surface area contributed by atoms with E-state index in [9.17, 15) is 9.59 Å². The number of carbonyl (C=O) groups is 2. The van der Waals surface area contributed by atoms with Crippen molar-refractivity contribution < 1.29 is 9.59 Å². The summed E-state index contributed by atoms with van der Waals surface area (Å²) < 4.78 is 0. The highest BCUT2D eigenvalue weighted by Gasteiger charge is 2.26. The van der Waals surface area contributed by atoms with Gasteiger partial charge in [0, 0.05) is 0 Å². The van der Waals surface area contributed by atoms with Crippen LogP contribution >= 0.6 is 0 Å². The Morgan fingerprint density at radius 1 is 1.30 bits per heavy atom. The van der Waals surface area contributed by atoms with Gasteiger partial charge in [0.05, 0.1) is 0 Å². The van der Waals surface area contributed by atoms with Gasteiger partial charge in [-0.2, -0.15) is 0 Å². The summed E-state index contributed by atoms with van der Waals surface area (Å²) in [4.78, 5) is 20.9. The van der Waals surface area contributed by atoms with Gasteiger partial charge in [0.2, 0.25) is 0 Å². The number of carbonyl (C=O) groups excluding carboxylic acids is 2. The van der Waals surface area contributed by atoms with E-state index in [0.29, 0.717) is 0 Å². The first-order valence-corrected chi connectivity index (χ1v) is 2.77. The lowest BCUT2D eigenvalue weighted by atomic mass is 10.5. The van der Waals surface area contributed by atoms with E-state index in [1.54, 1.807) is 6.92 Å². The molecule has 0 radical (unpaired) electrons. The molecule has 0 aromatic rings. The van der Waals surface area contributed by atoms with Crippen LogP contribution in [0.4, 0.5) is 0 Å². The molecule has 2 amide bonds. The second-order valence-corrected chi connectivity index (χ2v) is 1.77. The van der Waals surface area contributed by atoms with E-state index < -0.39 is 18.0 Å². The highest BCUT2D eigenvalue weighted by molar-refractivity contribution is 6.37. The van der Waals surface area contributed by atoms with Crippen molar-refractivity contribution in [1.82, 2.24) is 10.6 Å². The minimum atomic E-state index is -0.618. The fourth-order valence-corrected chi connectivity index (χ4v) is 0.646. The molecule has 0 saturated carbocycles. The predicted molar refractivity (Wildman–Crippen MR) is 33.5 cm³/mol. The first kappa shape index (κ1) is 6.62. The maximum Gasteiger partial charge on any atom is 0.311 e. The molecule has 1 heterocycles. The Kier molecular flexibility index (Phi) is 1.59. The largest absolute Gasteiger partial charge is 0.317 e. The fraction of sp³-hybridized carbons (Fsp3) is 0.333.